The van der Waals surface area contributed by atoms with Crippen LogP contribution in [0.1, 0.15) is 19.8 Å². The second-order valence-electron chi connectivity index (χ2n) is 5.61. The van der Waals surface area contributed by atoms with Crippen LogP contribution < -0.4 is 10.2 Å². The van der Waals surface area contributed by atoms with E-state index in [0.717, 1.165) is 29.3 Å². The molecule has 6 heteroatoms. The minimum Gasteiger partial charge on any atom is -0.481 e. The summed E-state index contributed by atoms with van der Waals surface area (Å²) in [6.07, 6.45) is 5.52. The number of anilines is 1. The highest BCUT2D eigenvalue weighted by Crippen LogP contribution is 2.37. The molecule has 1 amide bonds. The van der Waals surface area contributed by atoms with Gasteiger partial charge in [-0.15, -0.1) is 0 Å². The first-order valence-electron chi connectivity index (χ1n) is 7.95. The van der Waals surface area contributed by atoms with E-state index in [4.69, 9.17) is 10.1 Å². The molecule has 0 saturated heterocycles. The Morgan fingerprint density at radius 2 is 2.08 bits per heavy atom. The third-order valence-corrected chi connectivity index (χ3v) is 4.02. The number of amides is 1. The number of hydrogen-bond acceptors (Lipinski definition) is 4. The number of hydrogen-bond donors (Lipinski definition) is 2. The van der Waals surface area contributed by atoms with Crippen LogP contribution in [0.5, 0.6) is 0 Å². The van der Waals surface area contributed by atoms with Gasteiger partial charge in [-0.25, -0.2) is 4.99 Å². The highest BCUT2D eigenvalue weighted by Gasteiger charge is 2.30. The maximum atomic E-state index is 12.0. The average molecular weight is 325 g/mol. The summed E-state index contributed by atoms with van der Waals surface area (Å²) in [5.41, 5.74) is 3.65. The Labute approximate surface area is 140 Å². The quantitative estimate of drug-likeness (QED) is 0.871. The standard InChI is InChI=1S/C18H19N3O3/c1-2-21-14-8-4-3-6-12(14)20-18-13(7-5-9-15(18)21)19-16(22)10-11-17(23)24/h3-9,13H,2,10-11H2,1H3,(H,19,22)(H,23,24). The lowest BCUT2D eigenvalue weighted by atomic mass is 9.98. The summed E-state index contributed by atoms with van der Waals surface area (Å²) in [4.78, 5) is 29.5. The molecule has 24 heavy (non-hydrogen) atoms. The Morgan fingerprint density at radius 3 is 2.83 bits per heavy atom. The van der Waals surface area contributed by atoms with Gasteiger partial charge < -0.3 is 15.3 Å². The van der Waals surface area contributed by atoms with Gasteiger partial charge in [0.25, 0.3) is 0 Å². The molecule has 124 valence electrons. The van der Waals surface area contributed by atoms with Crippen LogP contribution in [0.2, 0.25) is 0 Å². The fraction of sp³-hybridized carbons (Fsp3) is 0.278. The van der Waals surface area contributed by atoms with Gasteiger partial charge in [0.1, 0.15) is 0 Å². The SMILES string of the molecule is CCN1C2=CC=CC(NC(=O)CCC(=O)O)C2=Nc2ccccc21. The highest BCUT2D eigenvalue weighted by atomic mass is 16.4. The lowest BCUT2D eigenvalue weighted by molar-refractivity contribution is -0.138. The molecule has 0 spiro atoms. The van der Waals surface area contributed by atoms with Gasteiger partial charge in [0.2, 0.25) is 5.91 Å². The number of aliphatic imine (C=N–C) groups is 1. The first-order chi connectivity index (χ1) is 11.6. The lowest BCUT2D eigenvalue weighted by Gasteiger charge is -2.35. The molecule has 1 aromatic carbocycles. The van der Waals surface area contributed by atoms with Gasteiger partial charge in [0.05, 0.1) is 35.2 Å². The van der Waals surface area contributed by atoms with Crippen LogP contribution in [0.15, 0.2) is 53.2 Å². The van der Waals surface area contributed by atoms with Crippen LogP contribution in [0.4, 0.5) is 11.4 Å². The summed E-state index contributed by atoms with van der Waals surface area (Å²) in [6.45, 7) is 2.86. The Morgan fingerprint density at radius 1 is 1.29 bits per heavy atom. The Balaban J connectivity index is 1.86. The maximum absolute atomic E-state index is 12.0. The highest BCUT2D eigenvalue weighted by molar-refractivity contribution is 6.14. The molecule has 3 rings (SSSR count). The fourth-order valence-corrected chi connectivity index (χ4v) is 2.92. The monoisotopic (exact) mass is 325 g/mol. The molecule has 0 saturated carbocycles. The van der Waals surface area contributed by atoms with Gasteiger partial charge >= 0.3 is 5.97 Å². The van der Waals surface area contributed by atoms with E-state index in [0.29, 0.717) is 0 Å². The van der Waals surface area contributed by atoms with E-state index in [9.17, 15) is 9.59 Å². The molecule has 1 atom stereocenters. The number of aliphatic carboxylic acids is 1. The summed E-state index contributed by atoms with van der Waals surface area (Å²) >= 11 is 0. The minimum absolute atomic E-state index is 0.0416. The molecule has 1 heterocycles. The molecule has 6 nitrogen and oxygen atoms in total. The fourth-order valence-electron chi connectivity index (χ4n) is 2.92. The number of carbonyl (C=O) groups is 2. The van der Waals surface area contributed by atoms with Gasteiger partial charge in [-0.2, -0.15) is 0 Å². The number of benzene rings is 1. The number of fused-ring (bicyclic) bond motifs is 2. The topological polar surface area (TPSA) is 82.0 Å². The third kappa shape index (κ3) is 3.08. The molecule has 0 aromatic heterocycles. The Bertz CT molecular complexity index is 765. The van der Waals surface area contributed by atoms with Crippen molar-refractivity contribution in [1.29, 1.82) is 0 Å². The van der Waals surface area contributed by atoms with Gasteiger partial charge in [-0.1, -0.05) is 24.3 Å². The van der Waals surface area contributed by atoms with Gasteiger partial charge in [-0.3, -0.25) is 9.59 Å². The maximum Gasteiger partial charge on any atom is 0.303 e. The second-order valence-corrected chi connectivity index (χ2v) is 5.61. The number of nitrogens with zero attached hydrogens (tertiary/aromatic N) is 2. The molecule has 0 radical (unpaired) electrons. The zero-order chi connectivity index (χ0) is 17.1. The number of carboxylic acids is 1. The third-order valence-electron chi connectivity index (χ3n) is 4.02. The molecule has 1 unspecified atom stereocenters. The number of carbonyl (C=O) groups excluding carboxylic acids is 1. The van der Waals surface area contributed by atoms with Crippen LogP contribution in [-0.2, 0) is 9.59 Å². The second kappa shape index (κ2) is 6.70. The van der Waals surface area contributed by atoms with Crippen LogP contribution in [0.25, 0.3) is 0 Å². The molecule has 1 aliphatic heterocycles. The summed E-state index contributed by atoms with van der Waals surface area (Å²) in [6, 6.07) is 7.53. The van der Waals surface area contributed by atoms with Crippen LogP contribution in [-0.4, -0.2) is 35.3 Å². The van der Waals surface area contributed by atoms with Gasteiger partial charge in [0, 0.05) is 13.0 Å². The smallest absolute Gasteiger partial charge is 0.303 e. The average Bonchev–Trinajstić information content (AvgIpc) is 2.58. The lowest BCUT2D eigenvalue weighted by Crippen LogP contribution is -2.45. The van der Waals surface area contributed by atoms with Crippen LogP contribution >= 0.6 is 0 Å². The predicted molar refractivity (Wildman–Crippen MR) is 92.6 cm³/mol. The number of rotatable bonds is 5. The van der Waals surface area contributed by atoms with Crippen LogP contribution in [0.3, 0.4) is 0 Å². The molecule has 0 bridgehead atoms. The van der Waals surface area contributed by atoms with E-state index in [1.807, 2.05) is 42.5 Å². The minimum atomic E-state index is -0.981. The molecule has 1 aliphatic carbocycles. The zero-order valence-corrected chi connectivity index (χ0v) is 13.4. The number of nitrogens with one attached hydrogen (secondary N) is 1. The molecule has 0 fully saturated rings. The number of allylic oxidation sites excluding steroid dienone is 2. The van der Waals surface area contributed by atoms with Crippen molar-refractivity contribution >= 4 is 29.0 Å². The molecular formula is C18H19N3O3. The summed E-state index contributed by atoms with van der Waals surface area (Å²) < 4.78 is 0. The van der Waals surface area contributed by atoms with E-state index in [1.54, 1.807) is 0 Å². The first kappa shape index (κ1) is 16.0. The summed E-state index contributed by atoms with van der Waals surface area (Å²) in [7, 11) is 0. The van der Waals surface area contributed by atoms with Crippen molar-refractivity contribution in [3.05, 3.63) is 48.2 Å². The van der Waals surface area contributed by atoms with Crippen LogP contribution in [0, 0.1) is 0 Å². The Hall–Kier alpha value is -2.89. The van der Waals surface area contributed by atoms with Crippen molar-refractivity contribution in [2.75, 3.05) is 11.4 Å². The van der Waals surface area contributed by atoms with E-state index in [1.165, 1.54) is 0 Å². The molecule has 2 aliphatic rings. The van der Waals surface area contributed by atoms with Gasteiger partial charge in [0.15, 0.2) is 0 Å². The first-order valence-corrected chi connectivity index (χ1v) is 7.95. The van der Waals surface area contributed by atoms with E-state index in [2.05, 4.69) is 17.1 Å². The van der Waals surface area contributed by atoms with E-state index in [-0.39, 0.29) is 24.8 Å². The zero-order valence-electron chi connectivity index (χ0n) is 13.4. The summed E-state index contributed by atoms with van der Waals surface area (Å²) in [5.74, 6) is -1.27. The molecule has 2 N–H and O–H groups in total. The Kier molecular flexibility index (Phi) is 4.46. The van der Waals surface area contributed by atoms with E-state index < -0.39 is 5.97 Å². The number of para-hydroxylation sites is 2. The van der Waals surface area contributed by atoms with Crippen molar-refractivity contribution in [2.24, 2.45) is 4.99 Å². The van der Waals surface area contributed by atoms with Crippen molar-refractivity contribution in [1.82, 2.24) is 5.32 Å². The van der Waals surface area contributed by atoms with Gasteiger partial charge in [-0.05, 0) is 25.1 Å². The molecular weight excluding hydrogens is 306 g/mol. The summed E-state index contributed by atoms with van der Waals surface area (Å²) in [5, 5.41) is 11.6. The van der Waals surface area contributed by atoms with Crippen molar-refractivity contribution < 1.29 is 14.7 Å². The molecule has 1 aromatic rings. The van der Waals surface area contributed by atoms with E-state index >= 15 is 0 Å². The predicted octanol–water partition coefficient (Wildman–Crippen LogP) is 2.40. The number of carboxylic acid groups (broad SMARTS) is 1. The van der Waals surface area contributed by atoms with Crippen molar-refractivity contribution in [2.45, 2.75) is 25.8 Å². The largest absolute Gasteiger partial charge is 0.481 e. The normalized spacial score (nSPS) is 18.2. The van der Waals surface area contributed by atoms with Crippen molar-refractivity contribution in [3.8, 4) is 0 Å². The van der Waals surface area contributed by atoms with Crippen molar-refractivity contribution in [3.63, 3.8) is 0 Å².